The van der Waals surface area contributed by atoms with Crippen molar-refractivity contribution in [3.8, 4) is 0 Å². The van der Waals surface area contributed by atoms with Gasteiger partial charge in [0.2, 0.25) is 5.91 Å². The quantitative estimate of drug-likeness (QED) is 0.673. The molecule has 1 atom stereocenters. The number of fused-ring (bicyclic) bond motifs is 1. The van der Waals surface area contributed by atoms with Gasteiger partial charge in [0.25, 0.3) is 5.91 Å². The number of benzene rings is 2. The molecule has 3 aliphatic rings. The molecule has 188 valence electrons. The minimum Gasteiger partial charge on any atom is -0.341 e. The number of hydrogen-bond donors (Lipinski definition) is 1. The predicted octanol–water partition coefficient (Wildman–Crippen LogP) is 2.73. The molecule has 3 heterocycles. The molecule has 4 amide bonds. The SMILES string of the molecule is CN1C=C2C(N1)C(=O)N(Cc1ccc(F)cc1)C(=O)N2CC(=O)N1CCC(Cc2ccccc2)CC1. The smallest absolute Gasteiger partial charge is 0.331 e. The first-order valence-electron chi connectivity index (χ1n) is 12.3. The van der Waals surface area contributed by atoms with Crippen molar-refractivity contribution < 1.29 is 18.8 Å². The van der Waals surface area contributed by atoms with Crippen LogP contribution in [0.25, 0.3) is 0 Å². The highest BCUT2D eigenvalue weighted by molar-refractivity contribution is 6.04. The lowest BCUT2D eigenvalue weighted by Crippen LogP contribution is -2.61. The summed E-state index contributed by atoms with van der Waals surface area (Å²) in [4.78, 5) is 44.2. The Balaban J connectivity index is 1.26. The monoisotopic (exact) mass is 491 g/mol. The number of likely N-dealkylation sites (tertiary alicyclic amines) is 1. The van der Waals surface area contributed by atoms with Gasteiger partial charge in [-0.3, -0.25) is 19.4 Å². The van der Waals surface area contributed by atoms with Gasteiger partial charge in [-0.1, -0.05) is 42.5 Å². The topological polar surface area (TPSA) is 76.2 Å². The van der Waals surface area contributed by atoms with E-state index in [1.165, 1.54) is 22.6 Å². The lowest BCUT2D eigenvalue weighted by molar-refractivity contribution is -0.137. The number of piperidine rings is 1. The van der Waals surface area contributed by atoms with Gasteiger partial charge in [-0.2, -0.15) is 0 Å². The molecule has 0 radical (unpaired) electrons. The molecule has 0 aliphatic carbocycles. The van der Waals surface area contributed by atoms with Gasteiger partial charge in [0.15, 0.2) is 0 Å². The summed E-state index contributed by atoms with van der Waals surface area (Å²) in [6, 6.07) is 14.8. The van der Waals surface area contributed by atoms with E-state index < -0.39 is 18.0 Å². The summed E-state index contributed by atoms with van der Waals surface area (Å²) in [6.45, 7) is 1.17. The van der Waals surface area contributed by atoms with Crippen molar-refractivity contribution in [3.63, 3.8) is 0 Å². The summed E-state index contributed by atoms with van der Waals surface area (Å²) < 4.78 is 13.3. The molecule has 9 heteroatoms. The van der Waals surface area contributed by atoms with Crippen LogP contribution in [-0.4, -0.2) is 70.3 Å². The molecule has 2 aromatic carbocycles. The number of hydrogen-bond acceptors (Lipinski definition) is 5. The van der Waals surface area contributed by atoms with Crippen molar-refractivity contribution in [3.05, 3.63) is 83.4 Å². The molecule has 0 spiro atoms. The van der Waals surface area contributed by atoms with Crippen molar-refractivity contribution in [2.45, 2.75) is 31.8 Å². The highest BCUT2D eigenvalue weighted by Crippen LogP contribution is 2.28. The van der Waals surface area contributed by atoms with E-state index in [0.29, 0.717) is 30.3 Å². The number of rotatable bonds is 6. The van der Waals surface area contributed by atoms with Gasteiger partial charge in [0.05, 0.1) is 12.2 Å². The molecule has 5 rings (SSSR count). The zero-order chi connectivity index (χ0) is 25.2. The van der Waals surface area contributed by atoms with Crippen LogP contribution in [0.5, 0.6) is 0 Å². The van der Waals surface area contributed by atoms with Gasteiger partial charge < -0.3 is 9.91 Å². The first kappa shape index (κ1) is 24.0. The van der Waals surface area contributed by atoms with Crippen LogP contribution in [-0.2, 0) is 22.6 Å². The van der Waals surface area contributed by atoms with E-state index in [1.807, 2.05) is 23.1 Å². The Hall–Kier alpha value is -3.72. The van der Waals surface area contributed by atoms with Crippen molar-refractivity contribution in [1.29, 1.82) is 0 Å². The van der Waals surface area contributed by atoms with Crippen LogP contribution in [0, 0.1) is 11.7 Å². The second-order valence-electron chi connectivity index (χ2n) is 9.66. The zero-order valence-corrected chi connectivity index (χ0v) is 20.3. The minimum atomic E-state index is -0.752. The molecule has 1 N–H and O–H groups in total. The van der Waals surface area contributed by atoms with Gasteiger partial charge in [-0.05, 0) is 48.4 Å². The van der Waals surface area contributed by atoms with Gasteiger partial charge in [-0.25, -0.2) is 14.6 Å². The van der Waals surface area contributed by atoms with E-state index in [2.05, 4.69) is 17.6 Å². The molecule has 0 saturated carbocycles. The van der Waals surface area contributed by atoms with Gasteiger partial charge >= 0.3 is 6.03 Å². The maximum Gasteiger partial charge on any atom is 0.331 e. The molecule has 36 heavy (non-hydrogen) atoms. The van der Waals surface area contributed by atoms with Gasteiger partial charge in [0, 0.05) is 26.3 Å². The number of carbonyl (C=O) groups excluding carboxylic acids is 3. The number of nitrogens with one attached hydrogen (secondary N) is 1. The Morgan fingerprint density at radius 3 is 2.36 bits per heavy atom. The molecular weight excluding hydrogens is 461 g/mol. The van der Waals surface area contributed by atoms with Crippen molar-refractivity contribution in [2.24, 2.45) is 5.92 Å². The predicted molar refractivity (Wildman–Crippen MR) is 131 cm³/mol. The third-order valence-electron chi connectivity index (χ3n) is 7.12. The summed E-state index contributed by atoms with van der Waals surface area (Å²) in [6.07, 6.45) is 4.51. The number of imide groups is 1. The molecule has 2 aromatic rings. The van der Waals surface area contributed by atoms with Crippen molar-refractivity contribution >= 4 is 17.8 Å². The van der Waals surface area contributed by atoms with Crippen LogP contribution in [0.3, 0.4) is 0 Å². The Morgan fingerprint density at radius 1 is 0.972 bits per heavy atom. The van der Waals surface area contributed by atoms with Crippen LogP contribution in [0.2, 0.25) is 0 Å². The summed E-state index contributed by atoms with van der Waals surface area (Å²) >= 11 is 0. The van der Waals surface area contributed by atoms with E-state index in [-0.39, 0.29) is 24.8 Å². The first-order valence-corrected chi connectivity index (χ1v) is 12.3. The van der Waals surface area contributed by atoms with E-state index in [4.69, 9.17) is 0 Å². The van der Waals surface area contributed by atoms with E-state index in [1.54, 1.807) is 30.4 Å². The molecule has 0 bridgehead atoms. The van der Waals surface area contributed by atoms with Crippen LogP contribution < -0.4 is 5.43 Å². The van der Waals surface area contributed by atoms with Crippen LogP contribution in [0.15, 0.2) is 66.5 Å². The summed E-state index contributed by atoms with van der Waals surface area (Å²) in [5.74, 6) is -0.395. The van der Waals surface area contributed by atoms with Gasteiger partial charge in [0.1, 0.15) is 18.4 Å². The lowest BCUT2D eigenvalue weighted by Gasteiger charge is -2.39. The first-order chi connectivity index (χ1) is 17.4. The zero-order valence-electron chi connectivity index (χ0n) is 20.3. The average molecular weight is 492 g/mol. The standard InChI is InChI=1S/C27H30FN5O3/c1-30-17-23-25(29-30)26(35)33(16-21-7-9-22(28)10-8-21)27(36)32(23)18-24(34)31-13-11-20(12-14-31)15-19-5-3-2-4-6-19/h2-10,17,20,25,29H,11-16,18H2,1H3. The Morgan fingerprint density at radius 2 is 1.67 bits per heavy atom. The third-order valence-corrected chi connectivity index (χ3v) is 7.12. The Kier molecular flexibility index (Phi) is 6.73. The molecular formula is C27H30FN5O3. The van der Waals surface area contributed by atoms with Crippen molar-refractivity contribution in [1.82, 2.24) is 25.1 Å². The number of carbonyl (C=O) groups is 3. The number of nitrogens with zero attached hydrogens (tertiary/aromatic N) is 4. The molecule has 2 fully saturated rings. The highest BCUT2D eigenvalue weighted by Gasteiger charge is 2.46. The maximum atomic E-state index is 13.4. The van der Waals surface area contributed by atoms with Crippen LogP contribution in [0.1, 0.15) is 24.0 Å². The minimum absolute atomic E-state index is 0.00267. The highest BCUT2D eigenvalue weighted by atomic mass is 19.1. The molecule has 8 nitrogen and oxygen atoms in total. The fourth-order valence-corrected chi connectivity index (χ4v) is 5.14. The van der Waals surface area contributed by atoms with E-state index in [0.717, 1.165) is 24.2 Å². The molecule has 2 saturated heterocycles. The summed E-state index contributed by atoms with van der Waals surface area (Å²) in [5, 5.41) is 1.62. The largest absolute Gasteiger partial charge is 0.341 e. The maximum absolute atomic E-state index is 13.4. The Bertz CT molecular complexity index is 1160. The van der Waals surface area contributed by atoms with E-state index in [9.17, 15) is 18.8 Å². The fourth-order valence-electron chi connectivity index (χ4n) is 5.14. The second kappa shape index (κ2) is 10.1. The van der Waals surface area contributed by atoms with Crippen LogP contribution in [0.4, 0.5) is 9.18 Å². The average Bonchev–Trinajstić information content (AvgIpc) is 3.28. The Labute approximate surface area is 209 Å². The summed E-state index contributed by atoms with van der Waals surface area (Å²) in [5.41, 5.74) is 5.44. The number of urea groups is 1. The van der Waals surface area contributed by atoms with E-state index >= 15 is 0 Å². The second-order valence-corrected chi connectivity index (χ2v) is 9.66. The summed E-state index contributed by atoms with van der Waals surface area (Å²) in [7, 11) is 1.74. The van der Waals surface area contributed by atoms with Gasteiger partial charge in [-0.15, -0.1) is 0 Å². The fraction of sp³-hybridized carbons (Fsp3) is 0.370. The third kappa shape index (κ3) is 4.97. The number of halogens is 1. The molecule has 0 aromatic heterocycles. The lowest BCUT2D eigenvalue weighted by atomic mass is 9.90. The number of hydrazine groups is 1. The normalized spacial score (nSPS) is 20.6. The molecule has 1 unspecified atom stereocenters. The van der Waals surface area contributed by atoms with Crippen LogP contribution >= 0.6 is 0 Å². The number of amides is 4. The van der Waals surface area contributed by atoms with Crippen molar-refractivity contribution in [2.75, 3.05) is 26.7 Å². The molecule has 3 aliphatic heterocycles.